The highest BCUT2D eigenvalue weighted by Gasteiger charge is 2.14. The van der Waals surface area contributed by atoms with Crippen molar-refractivity contribution in [2.45, 2.75) is 13.0 Å². The molecule has 0 aliphatic rings. The summed E-state index contributed by atoms with van der Waals surface area (Å²) < 4.78 is 5.80. The number of aryl methyl sites for hydroxylation is 1. The van der Waals surface area contributed by atoms with Crippen LogP contribution >= 0.6 is 0 Å². The van der Waals surface area contributed by atoms with Crippen molar-refractivity contribution >= 4 is 11.0 Å². The zero-order chi connectivity index (χ0) is 14.1. The van der Waals surface area contributed by atoms with E-state index >= 15 is 0 Å². The van der Waals surface area contributed by atoms with Crippen molar-refractivity contribution < 1.29 is 4.42 Å². The Bertz CT molecular complexity index is 811. The van der Waals surface area contributed by atoms with Gasteiger partial charge in [0.2, 0.25) is 0 Å². The molecule has 0 saturated carbocycles. The Morgan fingerprint density at radius 3 is 2.80 bits per heavy atom. The molecule has 0 fully saturated rings. The summed E-state index contributed by atoms with van der Waals surface area (Å²) in [6.45, 7) is 2.04. The van der Waals surface area contributed by atoms with E-state index in [1.54, 1.807) is 12.1 Å². The van der Waals surface area contributed by atoms with Crippen LogP contribution in [0, 0.1) is 18.3 Å². The molecule has 1 atom stereocenters. The lowest BCUT2D eigenvalue weighted by molar-refractivity contribution is 0.525. The van der Waals surface area contributed by atoms with Crippen LogP contribution in [-0.4, -0.2) is 0 Å². The van der Waals surface area contributed by atoms with Gasteiger partial charge in [0, 0.05) is 5.39 Å². The van der Waals surface area contributed by atoms with E-state index in [1.165, 1.54) is 5.56 Å². The molecule has 0 amide bonds. The van der Waals surface area contributed by atoms with Gasteiger partial charge in [0.05, 0.1) is 17.7 Å². The van der Waals surface area contributed by atoms with E-state index in [9.17, 15) is 0 Å². The minimum absolute atomic E-state index is 0.365. The van der Waals surface area contributed by atoms with Gasteiger partial charge >= 0.3 is 0 Å². The van der Waals surface area contributed by atoms with Gasteiger partial charge in [-0.15, -0.1) is 0 Å². The Balaban J connectivity index is 2.03. The van der Waals surface area contributed by atoms with Crippen LogP contribution in [0.25, 0.3) is 11.0 Å². The van der Waals surface area contributed by atoms with Gasteiger partial charge in [-0.25, -0.2) is 0 Å². The standard InChI is InChI=1S/C17H14N2O/c1-11-5-6-15-14(7-11)9-16(20-15)17(19)13-4-2-3-12(8-13)10-18/h2-9,17H,19H2,1H3. The largest absolute Gasteiger partial charge is 0.459 e. The van der Waals surface area contributed by atoms with E-state index in [0.29, 0.717) is 11.3 Å². The Labute approximate surface area is 117 Å². The van der Waals surface area contributed by atoms with Gasteiger partial charge < -0.3 is 10.2 Å². The van der Waals surface area contributed by atoms with Crippen LogP contribution < -0.4 is 5.73 Å². The van der Waals surface area contributed by atoms with E-state index in [0.717, 1.165) is 16.5 Å². The van der Waals surface area contributed by atoms with E-state index in [2.05, 4.69) is 12.1 Å². The molecule has 0 bridgehead atoms. The fraction of sp³-hybridized carbons (Fsp3) is 0.118. The molecule has 3 nitrogen and oxygen atoms in total. The van der Waals surface area contributed by atoms with Crippen molar-refractivity contribution in [1.82, 2.24) is 0 Å². The Hall–Kier alpha value is -2.57. The van der Waals surface area contributed by atoms with Crippen LogP contribution in [-0.2, 0) is 0 Å². The highest BCUT2D eigenvalue weighted by molar-refractivity contribution is 5.78. The van der Waals surface area contributed by atoms with Gasteiger partial charge in [-0.05, 0) is 42.8 Å². The summed E-state index contributed by atoms with van der Waals surface area (Å²) in [5.41, 5.74) is 9.73. The molecule has 3 heteroatoms. The number of nitriles is 1. The number of nitrogens with zero attached hydrogens (tertiary/aromatic N) is 1. The Morgan fingerprint density at radius 1 is 1.15 bits per heavy atom. The molecule has 0 saturated heterocycles. The lowest BCUT2D eigenvalue weighted by Gasteiger charge is -2.08. The Morgan fingerprint density at radius 2 is 2.00 bits per heavy atom. The predicted molar refractivity (Wildman–Crippen MR) is 78.1 cm³/mol. The molecule has 0 aliphatic heterocycles. The number of hydrogen-bond acceptors (Lipinski definition) is 3. The van der Waals surface area contributed by atoms with Crippen molar-refractivity contribution in [3.8, 4) is 6.07 Å². The lowest BCUT2D eigenvalue weighted by atomic mass is 10.0. The summed E-state index contributed by atoms with van der Waals surface area (Å²) >= 11 is 0. The molecule has 3 rings (SSSR count). The first-order valence-corrected chi connectivity index (χ1v) is 6.43. The second kappa shape index (κ2) is 4.84. The van der Waals surface area contributed by atoms with Gasteiger partial charge in [-0.1, -0.05) is 23.8 Å². The molecule has 0 radical (unpaired) electrons. The van der Waals surface area contributed by atoms with Crippen molar-refractivity contribution in [2.24, 2.45) is 5.73 Å². The summed E-state index contributed by atoms with van der Waals surface area (Å²) in [7, 11) is 0. The maximum atomic E-state index is 8.95. The summed E-state index contributed by atoms with van der Waals surface area (Å²) in [5.74, 6) is 0.709. The zero-order valence-corrected chi connectivity index (χ0v) is 11.1. The van der Waals surface area contributed by atoms with Crippen LogP contribution in [0.5, 0.6) is 0 Å². The fourth-order valence-electron chi connectivity index (χ4n) is 2.30. The van der Waals surface area contributed by atoms with Gasteiger partial charge in [0.15, 0.2) is 0 Å². The van der Waals surface area contributed by atoms with Gasteiger partial charge in [-0.3, -0.25) is 0 Å². The number of rotatable bonds is 2. The quantitative estimate of drug-likeness (QED) is 0.766. The molecule has 1 heterocycles. The van der Waals surface area contributed by atoms with E-state index in [-0.39, 0.29) is 6.04 Å². The zero-order valence-electron chi connectivity index (χ0n) is 11.1. The highest BCUT2D eigenvalue weighted by Crippen LogP contribution is 2.27. The maximum Gasteiger partial charge on any atom is 0.134 e. The minimum atomic E-state index is -0.365. The molecule has 0 spiro atoms. The molecule has 20 heavy (non-hydrogen) atoms. The van der Waals surface area contributed by atoms with Crippen molar-refractivity contribution in [1.29, 1.82) is 5.26 Å². The number of hydrogen-bond donors (Lipinski definition) is 1. The number of benzene rings is 2. The third-order valence-corrected chi connectivity index (χ3v) is 3.37. The molecule has 98 valence electrons. The molecule has 0 aliphatic carbocycles. The van der Waals surface area contributed by atoms with Crippen molar-refractivity contribution in [3.63, 3.8) is 0 Å². The van der Waals surface area contributed by atoms with E-state index in [1.807, 2.05) is 37.3 Å². The lowest BCUT2D eigenvalue weighted by Crippen LogP contribution is -2.10. The summed E-state index contributed by atoms with van der Waals surface area (Å²) in [6, 6.07) is 17.1. The molecule has 3 aromatic rings. The molecule has 2 N–H and O–H groups in total. The fourth-order valence-corrected chi connectivity index (χ4v) is 2.30. The first kappa shape index (κ1) is 12.5. The smallest absolute Gasteiger partial charge is 0.134 e. The second-order valence-electron chi connectivity index (χ2n) is 4.90. The van der Waals surface area contributed by atoms with E-state index < -0.39 is 0 Å². The monoisotopic (exact) mass is 262 g/mol. The molecular weight excluding hydrogens is 248 g/mol. The number of nitrogens with two attached hydrogens (primary N) is 1. The average Bonchev–Trinajstić information content (AvgIpc) is 2.89. The third kappa shape index (κ3) is 2.18. The summed E-state index contributed by atoms with van der Waals surface area (Å²) in [4.78, 5) is 0. The third-order valence-electron chi connectivity index (χ3n) is 3.37. The normalized spacial score (nSPS) is 12.2. The Kier molecular flexibility index (Phi) is 3.02. The summed E-state index contributed by atoms with van der Waals surface area (Å²) in [5, 5.41) is 9.99. The summed E-state index contributed by atoms with van der Waals surface area (Å²) in [6.07, 6.45) is 0. The van der Waals surface area contributed by atoms with Gasteiger partial charge in [-0.2, -0.15) is 5.26 Å². The van der Waals surface area contributed by atoms with Crippen LogP contribution in [0.1, 0.15) is 28.5 Å². The number of fused-ring (bicyclic) bond motifs is 1. The van der Waals surface area contributed by atoms with Crippen LogP contribution in [0.2, 0.25) is 0 Å². The molecule has 1 aromatic heterocycles. The van der Waals surface area contributed by atoms with Crippen molar-refractivity contribution in [3.05, 3.63) is 71.0 Å². The minimum Gasteiger partial charge on any atom is -0.459 e. The highest BCUT2D eigenvalue weighted by atomic mass is 16.3. The first-order valence-electron chi connectivity index (χ1n) is 6.43. The predicted octanol–water partition coefficient (Wildman–Crippen LogP) is 3.66. The average molecular weight is 262 g/mol. The van der Waals surface area contributed by atoms with Crippen LogP contribution in [0.3, 0.4) is 0 Å². The molecular formula is C17H14N2O. The number of furan rings is 1. The van der Waals surface area contributed by atoms with Crippen LogP contribution in [0.4, 0.5) is 0 Å². The van der Waals surface area contributed by atoms with Crippen molar-refractivity contribution in [2.75, 3.05) is 0 Å². The molecule has 2 aromatic carbocycles. The van der Waals surface area contributed by atoms with Gasteiger partial charge in [0.1, 0.15) is 11.3 Å². The second-order valence-corrected chi connectivity index (χ2v) is 4.90. The SMILES string of the molecule is Cc1ccc2oc(C(N)c3cccc(C#N)c3)cc2c1. The van der Waals surface area contributed by atoms with Crippen LogP contribution in [0.15, 0.2) is 52.9 Å². The maximum absolute atomic E-state index is 8.95. The van der Waals surface area contributed by atoms with Gasteiger partial charge in [0.25, 0.3) is 0 Å². The topological polar surface area (TPSA) is 62.9 Å². The molecule has 1 unspecified atom stereocenters. The van der Waals surface area contributed by atoms with E-state index in [4.69, 9.17) is 15.4 Å². The first-order chi connectivity index (χ1) is 9.67.